The zero-order valence-electron chi connectivity index (χ0n) is 8.34. The van der Waals surface area contributed by atoms with Crippen molar-refractivity contribution in [1.82, 2.24) is 0 Å². The van der Waals surface area contributed by atoms with E-state index in [1.165, 1.54) is 25.7 Å². The quantitative estimate of drug-likeness (QED) is 0.629. The number of hydrogen-bond acceptors (Lipinski definition) is 1. The topological polar surface area (TPSA) is 26.0 Å². The number of rotatable bonds is 2. The van der Waals surface area contributed by atoms with Crippen molar-refractivity contribution in [2.75, 3.05) is 6.54 Å². The SMILES string of the molecule is CC1(C)CCCC(/C=C/CN)C1. The highest BCUT2D eigenvalue weighted by atomic mass is 14.5. The lowest BCUT2D eigenvalue weighted by Gasteiger charge is -2.33. The van der Waals surface area contributed by atoms with E-state index in [4.69, 9.17) is 5.73 Å². The molecule has 0 amide bonds. The molecule has 0 aromatic rings. The minimum atomic E-state index is 0.557. The summed E-state index contributed by atoms with van der Waals surface area (Å²) in [4.78, 5) is 0. The molecule has 0 saturated heterocycles. The van der Waals surface area contributed by atoms with Crippen molar-refractivity contribution in [3.05, 3.63) is 12.2 Å². The predicted molar refractivity (Wildman–Crippen MR) is 53.9 cm³/mol. The van der Waals surface area contributed by atoms with Gasteiger partial charge in [0.2, 0.25) is 0 Å². The fourth-order valence-electron chi connectivity index (χ4n) is 2.19. The van der Waals surface area contributed by atoms with E-state index >= 15 is 0 Å². The van der Waals surface area contributed by atoms with Crippen molar-refractivity contribution in [1.29, 1.82) is 0 Å². The second-order valence-electron chi connectivity index (χ2n) is 4.68. The molecule has 1 aliphatic rings. The smallest absolute Gasteiger partial charge is 0.0106 e. The summed E-state index contributed by atoms with van der Waals surface area (Å²) < 4.78 is 0. The van der Waals surface area contributed by atoms with Crippen molar-refractivity contribution in [3.8, 4) is 0 Å². The Kier molecular flexibility index (Phi) is 3.33. The fraction of sp³-hybridized carbons (Fsp3) is 0.818. The molecule has 1 unspecified atom stereocenters. The van der Waals surface area contributed by atoms with E-state index in [1.807, 2.05) is 0 Å². The Morgan fingerprint density at radius 2 is 2.25 bits per heavy atom. The second-order valence-corrected chi connectivity index (χ2v) is 4.68. The summed E-state index contributed by atoms with van der Waals surface area (Å²) in [5.41, 5.74) is 5.98. The van der Waals surface area contributed by atoms with Gasteiger partial charge in [0.05, 0.1) is 0 Å². The van der Waals surface area contributed by atoms with Gasteiger partial charge < -0.3 is 5.73 Å². The Balaban J connectivity index is 2.41. The molecule has 0 spiro atoms. The molecule has 1 heteroatoms. The van der Waals surface area contributed by atoms with Gasteiger partial charge in [-0.3, -0.25) is 0 Å². The Morgan fingerprint density at radius 3 is 2.83 bits per heavy atom. The summed E-state index contributed by atoms with van der Waals surface area (Å²) in [6, 6.07) is 0. The van der Waals surface area contributed by atoms with E-state index in [0.29, 0.717) is 12.0 Å². The minimum absolute atomic E-state index is 0.557. The van der Waals surface area contributed by atoms with Crippen LogP contribution in [-0.2, 0) is 0 Å². The van der Waals surface area contributed by atoms with E-state index in [-0.39, 0.29) is 0 Å². The third-order valence-corrected chi connectivity index (χ3v) is 2.79. The Hall–Kier alpha value is -0.300. The van der Waals surface area contributed by atoms with Gasteiger partial charge in [0.1, 0.15) is 0 Å². The highest BCUT2D eigenvalue weighted by Gasteiger charge is 2.26. The molecule has 0 bridgehead atoms. The van der Waals surface area contributed by atoms with Crippen LogP contribution in [0.25, 0.3) is 0 Å². The van der Waals surface area contributed by atoms with Crippen LogP contribution in [0.2, 0.25) is 0 Å². The average Bonchev–Trinajstić information content (AvgIpc) is 1.99. The summed E-state index contributed by atoms with van der Waals surface area (Å²) >= 11 is 0. The zero-order valence-corrected chi connectivity index (χ0v) is 8.34. The summed E-state index contributed by atoms with van der Waals surface area (Å²) in [6.07, 6.45) is 9.88. The van der Waals surface area contributed by atoms with Crippen LogP contribution in [0.5, 0.6) is 0 Å². The molecule has 12 heavy (non-hydrogen) atoms. The second kappa shape index (κ2) is 4.08. The van der Waals surface area contributed by atoms with Crippen molar-refractivity contribution in [2.24, 2.45) is 17.1 Å². The lowest BCUT2D eigenvalue weighted by Crippen LogP contribution is -2.21. The predicted octanol–water partition coefficient (Wildman–Crippen LogP) is 2.72. The molecule has 1 rings (SSSR count). The first-order valence-electron chi connectivity index (χ1n) is 5.01. The lowest BCUT2D eigenvalue weighted by atomic mass is 9.72. The fourth-order valence-corrected chi connectivity index (χ4v) is 2.19. The van der Waals surface area contributed by atoms with Gasteiger partial charge in [-0.05, 0) is 30.6 Å². The van der Waals surface area contributed by atoms with Crippen molar-refractivity contribution in [2.45, 2.75) is 39.5 Å². The van der Waals surface area contributed by atoms with Crippen molar-refractivity contribution < 1.29 is 0 Å². The molecule has 1 aliphatic carbocycles. The van der Waals surface area contributed by atoms with Crippen LogP contribution < -0.4 is 5.73 Å². The van der Waals surface area contributed by atoms with Crippen LogP contribution in [0.4, 0.5) is 0 Å². The largest absolute Gasteiger partial charge is 0.327 e. The maximum absolute atomic E-state index is 5.43. The number of allylic oxidation sites excluding steroid dienone is 1. The highest BCUT2D eigenvalue weighted by molar-refractivity contribution is 4.93. The van der Waals surface area contributed by atoms with Crippen LogP contribution in [0.1, 0.15) is 39.5 Å². The third-order valence-electron chi connectivity index (χ3n) is 2.79. The highest BCUT2D eigenvalue weighted by Crippen LogP contribution is 2.38. The Bertz CT molecular complexity index is 158. The van der Waals surface area contributed by atoms with E-state index in [0.717, 1.165) is 5.92 Å². The molecule has 0 heterocycles. The molecule has 1 saturated carbocycles. The van der Waals surface area contributed by atoms with Gasteiger partial charge in [0.15, 0.2) is 0 Å². The van der Waals surface area contributed by atoms with Crippen LogP contribution in [0.15, 0.2) is 12.2 Å². The van der Waals surface area contributed by atoms with Crippen LogP contribution in [0.3, 0.4) is 0 Å². The Labute approximate surface area is 76.0 Å². The zero-order chi connectivity index (χ0) is 9.03. The summed E-state index contributed by atoms with van der Waals surface area (Å²) in [6.45, 7) is 5.43. The molecular formula is C11H21N. The maximum Gasteiger partial charge on any atom is 0.0106 e. The molecule has 0 radical (unpaired) electrons. The molecule has 1 fully saturated rings. The molecule has 1 nitrogen and oxygen atoms in total. The Morgan fingerprint density at radius 1 is 1.50 bits per heavy atom. The summed E-state index contributed by atoms with van der Waals surface area (Å²) in [7, 11) is 0. The third kappa shape index (κ3) is 2.98. The average molecular weight is 167 g/mol. The summed E-state index contributed by atoms with van der Waals surface area (Å²) in [5.74, 6) is 0.789. The van der Waals surface area contributed by atoms with Gasteiger partial charge in [-0.2, -0.15) is 0 Å². The van der Waals surface area contributed by atoms with Gasteiger partial charge in [-0.15, -0.1) is 0 Å². The first-order valence-corrected chi connectivity index (χ1v) is 5.01. The molecule has 1 atom stereocenters. The van der Waals surface area contributed by atoms with E-state index in [9.17, 15) is 0 Å². The first-order chi connectivity index (χ1) is 5.64. The van der Waals surface area contributed by atoms with Gasteiger partial charge in [-0.25, -0.2) is 0 Å². The monoisotopic (exact) mass is 167 g/mol. The molecule has 2 N–H and O–H groups in total. The van der Waals surface area contributed by atoms with Gasteiger partial charge in [0, 0.05) is 6.54 Å². The van der Waals surface area contributed by atoms with Gasteiger partial charge in [-0.1, -0.05) is 32.4 Å². The van der Waals surface area contributed by atoms with Crippen LogP contribution in [0, 0.1) is 11.3 Å². The van der Waals surface area contributed by atoms with E-state index in [1.54, 1.807) is 0 Å². The standard InChI is InChI=1S/C11H21N/c1-11(2)7-3-5-10(9-11)6-4-8-12/h4,6,10H,3,5,7-9,12H2,1-2H3/b6-4+. The first kappa shape index (κ1) is 9.79. The molecule has 0 aromatic heterocycles. The number of hydrogen-bond donors (Lipinski definition) is 1. The molecular weight excluding hydrogens is 146 g/mol. The van der Waals surface area contributed by atoms with Gasteiger partial charge >= 0.3 is 0 Å². The molecule has 0 aliphatic heterocycles. The van der Waals surface area contributed by atoms with E-state index < -0.39 is 0 Å². The van der Waals surface area contributed by atoms with Gasteiger partial charge in [0.25, 0.3) is 0 Å². The molecule has 70 valence electrons. The van der Waals surface area contributed by atoms with E-state index in [2.05, 4.69) is 26.0 Å². The normalized spacial score (nSPS) is 29.4. The minimum Gasteiger partial charge on any atom is -0.327 e. The maximum atomic E-state index is 5.43. The summed E-state index contributed by atoms with van der Waals surface area (Å²) in [5, 5.41) is 0. The lowest BCUT2D eigenvalue weighted by molar-refractivity contribution is 0.206. The molecule has 0 aromatic carbocycles. The number of nitrogens with two attached hydrogens (primary N) is 1. The van der Waals surface area contributed by atoms with Crippen molar-refractivity contribution >= 4 is 0 Å². The van der Waals surface area contributed by atoms with Crippen molar-refractivity contribution in [3.63, 3.8) is 0 Å². The van der Waals surface area contributed by atoms with Crippen LogP contribution >= 0.6 is 0 Å². The van der Waals surface area contributed by atoms with Crippen LogP contribution in [-0.4, -0.2) is 6.54 Å².